The van der Waals surface area contributed by atoms with Crippen molar-refractivity contribution >= 4 is 17.8 Å². The number of amides is 2. The third-order valence-electron chi connectivity index (χ3n) is 8.11. The fraction of sp³-hybridized carbons (Fsp3) is 0.731. The van der Waals surface area contributed by atoms with Gasteiger partial charge in [-0.15, -0.1) is 0 Å². The number of fused-ring (bicyclic) bond motifs is 2. The van der Waals surface area contributed by atoms with Gasteiger partial charge in [0, 0.05) is 12.1 Å². The molecule has 0 aromatic carbocycles. The number of ether oxygens (including phenoxy) is 2. The standard InChI is InChI=1S/C26H38N2O6/c1-7-16(2)17(15-29)28-20-22(31)27(24(3,4)5)13-10-12-26(20)18(21(28)30)19-23(32)33-14-9-8-11-25(19,6)34-26/h8,10-12,16-20,29H,7,9,13-15H2,1-6H3/t16-,17-,18-,19-,20?,25+,26-/m0/s1. The summed E-state index contributed by atoms with van der Waals surface area (Å²) >= 11 is 0. The van der Waals surface area contributed by atoms with Gasteiger partial charge in [0.1, 0.15) is 17.6 Å². The lowest BCUT2D eigenvalue weighted by atomic mass is 9.74. The molecule has 4 aliphatic rings. The van der Waals surface area contributed by atoms with Crippen LogP contribution < -0.4 is 0 Å². The van der Waals surface area contributed by atoms with Gasteiger partial charge in [-0.3, -0.25) is 14.4 Å². The number of aliphatic hydroxyl groups excluding tert-OH is 1. The van der Waals surface area contributed by atoms with Gasteiger partial charge in [0.2, 0.25) is 11.8 Å². The van der Waals surface area contributed by atoms with Crippen LogP contribution in [0, 0.1) is 17.8 Å². The van der Waals surface area contributed by atoms with Crippen LogP contribution in [0.15, 0.2) is 24.3 Å². The van der Waals surface area contributed by atoms with E-state index in [0.717, 1.165) is 6.42 Å². The van der Waals surface area contributed by atoms with Gasteiger partial charge in [0.05, 0.1) is 30.8 Å². The third kappa shape index (κ3) is 3.52. The Labute approximate surface area is 201 Å². The van der Waals surface area contributed by atoms with Crippen LogP contribution in [0.3, 0.4) is 0 Å². The average molecular weight is 475 g/mol. The molecule has 7 atom stereocenters. The summed E-state index contributed by atoms with van der Waals surface area (Å²) in [6, 6.07) is -1.56. The Hall–Kier alpha value is -2.19. The Morgan fingerprint density at radius 1 is 1.15 bits per heavy atom. The summed E-state index contributed by atoms with van der Waals surface area (Å²) in [5.74, 6) is -2.91. The molecule has 188 valence electrons. The molecular weight excluding hydrogens is 436 g/mol. The highest BCUT2D eigenvalue weighted by atomic mass is 16.6. The smallest absolute Gasteiger partial charge is 0.313 e. The second-order valence-corrected chi connectivity index (χ2v) is 11.3. The summed E-state index contributed by atoms with van der Waals surface area (Å²) in [4.78, 5) is 45.0. The molecule has 2 fully saturated rings. The zero-order valence-electron chi connectivity index (χ0n) is 21.1. The highest BCUT2D eigenvalue weighted by molar-refractivity contribution is 5.99. The number of hydrogen-bond acceptors (Lipinski definition) is 6. The number of carbonyl (C=O) groups excluding carboxylic acids is 3. The maximum Gasteiger partial charge on any atom is 0.313 e. The van der Waals surface area contributed by atoms with Gasteiger partial charge in [-0.05, 0) is 40.0 Å². The van der Waals surface area contributed by atoms with Gasteiger partial charge in [-0.2, -0.15) is 0 Å². The maximum atomic E-state index is 14.2. The fourth-order valence-corrected chi connectivity index (χ4v) is 6.20. The number of aliphatic hydroxyl groups is 1. The Morgan fingerprint density at radius 2 is 1.85 bits per heavy atom. The Kier molecular flexibility index (Phi) is 6.22. The number of likely N-dealkylation sites (tertiary alicyclic amines) is 1. The van der Waals surface area contributed by atoms with Gasteiger partial charge in [0.25, 0.3) is 0 Å². The number of esters is 1. The largest absolute Gasteiger partial charge is 0.465 e. The zero-order chi connectivity index (χ0) is 25.1. The molecular formula is C26H38N2O6. The molecule has 2 amide bonds. The van der Waals surface area contributed by atoms with Crippen molar-refractivity contribution < 1.29 is 29.0 Å². The molecule has 0 saturated carbocycles. The highest BCUT2D eigenvalue weighted by Crippen LogP contribution is 2.58. The zero-order valence-corrected chi connectivity index (χ0v) is 21.1. The van der Waals surface area contributed by atoms with Crippen molar-refractivity contribution in [2.45, 2.75) is 83.2 Å². The molecule has 4 rings (SSSR count). The van der Waals surface area contributed by atoms with Gasteiger partial charge in [0.15, 0.2) is 0 Å². The summed E-state index contributed by atoms with van der Waals surface area (Å²) < 4.78 is 12.2. The molecule has 34 heavy (non-hydrogen) atoms. The number of carbonyl (C=O) groups is 3. The first-order valence-corrected chi connectivity index (χ1v) is 12.4. The first-order chi connectivity index (χ1) is 15.9. The summed E-state index contributed by atoms with van der Waals surface area (Å²) in [5, 5.41) is 10.4. The van der Waals surface area contributed by atoms with Crippen molar-refractivity contribution in [2.24, 2.45) is 17.8 Å². The van der Waals surface area contributed by atoms with Crippen molar-refractivity contribution in [1.29, 1.82) is 0 Å². The molecule has 2 saturated heterocycles. The van der Waals surface area contributed by atoms with E-state index in [-0.39, 0.29) is 30.9 Å². The summed E-state index contributed by atoms with van der Waals surface area (Å²) in [5.41, 5.74) is -2.91. The van der Waals surface area contributed by atoms with Crippen LogP contribution in [-0.2, 0) is 23.9 Å². The van der Waals surface area contributed by atoms with E-state index < -0.39 is 46.6 Å². The summed E-state index contributed by atoms with van der Waals surface area (Å²) in [7, 11) is 0. The third-order valence-corrected chi connectivity index (χ3v) is 8.11. The molecule has 0 aromatic rings. The number of cyclic esters (lactones) is 1. The van der Waals surface area contributed by atoms with E-state index in [2.05, 4.69) is 0 Å². The predicted octanol–water partition coefficient (Wildman–Crippen LogP) is 2.06. The second-order valence-electron chi connectivity index (χ2n) is 11.3. The first kappa shape index (κ1) is 24.9. The van der Waals surface area contributed by atoms with Crippen LogP contribution >= 0.6 is 0 Å². The number of hydrogen-bond donors (Lipinski definition) is 1. The lowest BCUT2D eigenvalue weighted by Crippen LogP contribution is -2.62. The molecule has 1 spiro atoms. The molecule has 4 aliphatic heterocycles. The molecule has 0 aliphatic carbocycles. The van der Waals surface area contributed by atoms with Crippen molar-refractivity contribution in [3.8, 4) is 0 Å². The van der Waals surface area contributed by atoms with Crippen molar-refractivity contribution in [3.05, 3.63) is 24.3 Å². The average Bonchev–Trinajstić information content (AvgIpc) is 3.07. The minimum Gasteiger partial charge on any atom is -0.465 e. The van der Waals surface area contributed by atoms with Crippen molar-refractivity contribution in [3.63, 3.8) is 0 Å². The fourth-order valence-electron chi connectivity index (χ4n) is 6.20. The van der Waals surface area contributed by atoms with Crippen LogP contribution in [0.5, 0.6) is 0 Å². The number of nitrogens with zero attached hydrogens (tertiary/aromatic N) is 2. The summed E-state index contributed by atoms with van der Waals surface area (Å²) in [6.45, 7) is 12.0. The lowest BCUT2D eigenvalue weighted by molar-refractivity contribution is -0.163. The molecule has 0 radical (unpaired) electrons. The molecule has 1 N–H and O–H groups in total. The molecule has 1 unspecified atom stereocenters. The second kappa shape index (κ2) is 8.48. The van der Waals surface area contributed by atoms with Crippen LogP contribution in [-0.4, -0.2) is 81.3 Å². The van der Waals surface area contributed by atoms with Crippen LogP contribution in [0.1, 0.15) is 54.4 Å². The molecule has 8 heteroatoms. The van der Waals surface area contributed by atoms with Crippen LogP contribution in [0.25, 0.3) is 0 Å². The Balaban J connectivity index is 1.93. The minimum atomic E-state index is -1.33. The van der Waals surface area contributed by atoms with Crippen LogP contribution in [0.2, 0.25) is 0 Å². The molecule has 8 nitrogen and oxygen atoms in total. The van der Waals surface area contributed by atoms with Gasteiger partial charge in [-0.25, -0.2) is 0 Å². The van der Waals surface area contributed by atoms with Crippen molar-refractivity contribution in [1.82, 2.24) is 9.80 Å². The molecule has 0 bridgehead atoms. The van der Waals surface area contributed by atoms with E-state index in [4.69, 9.17) is 9.47 Å². The quantitative estimate of drug-likeness (QED) is 0.495. The van der Waals surface area contributed by atoms with Gasteiger partial charge < -0.3 is 24.4 Å². The first-order valence-electron chi connectivity index (χ1n) is 12.4. The predicted molar refractivity (Wildman–Crippen MR) is 125 cm³/mol. The normalized spacial score (nSPS) is 37.4. The van der Waals surface area contributed by atoms with Crippen molar-refractivity contribution in [2.75, 3.05) is 19.8 Å². The number of rotatable bonds is 4. The summed E-state index contributed by atoms with van der Waals surface area (Å²) in [6.07, 6.45) is 8.75. The Morgan fingerprint density at radius 3 is 2.47 bits per heavy atom. The van der Waals surface area contributed by atoms with Gasteiger partial charge in [-0.1, -0.05) is 44.6 Å². The molecule has 0 aromatic heterocycles. The topological polar surface area (TPSA) is 96.4 Å². The SMILES string of the molecule is CC[C@H](C)[C@H](CO)N1C(=O)[C@@H]2[C@H]3C(=O)OCCC=C[C@@]3(C)O[C@@]23C=CCN(C(C)(C)C)C(=O)C13. The van der Waals surface area contributed by atoms with E-state index in [0.29, 0.717) is 13.0 Å². The monoisotopic (exact) mass is 474 g/mol. The maximum absolute atomic E-state index is 14.2. The van der Waals surface area contributed by atoms with E-state index in [1.165, 1.54) is 4.90 Å². The Bertz CT molecular complexity index is 923. The van der Waals surface area contributed by atoms with Crippen LogP contribution in [0.4, 0.5) is 0 Å². The highest BCUT2D eigenvalue weighted by Gasteiger charge is 2.75. The lowest BCUT2D eigenvalue weighted by Gasteiger charge is -2.44. The van der Waals surface area contributed by atoms with E-state index in [1.807, 2.05) is 58.9 Å². The van der Waals surface area contributed by atoms with E-state index in [1.54, 1.807) is 11.8 Å². The molecule has 4 heterocycles. The van der Waals surface area contributed by atoms with E-state index >= 15 is 0 Å². The minimum absolute atomic E-state index is 0.0523. The van der Waals surface area contributed by atoms with E-state index in [9.17, 15) is 19.5 Å². The van der Waals surface area contributed by atoms with Gasteiger partial charge >= 0.3 is 5.97 Å².